The minimum atomic E-state index is -3.61. The number of nitrogens with one attached hydrogen (secondary N) is 1. The van der Waals surface area contributed by atoms with Crippen molar-refractivity contribution in [2.45, 2.75) is 43.0 Å². The van der Waals surface area contributed by atoms with E-state index in [1.54, 1.807) is 18.2 Å². The lowest BCUT2D eigenvalue weighted by atomic mass is 9.94. The van der Waals surface area contributed by atoms with Crippen molar-refractivity contribution < 1.29 is 13.5 Å². The van der Waals surface area contributed by atoms with E-state index < -0.39 is 22.2 Å². The summed E-state index contributed by atoms with van der Waals surface area (Å²) in [6, 6.07) is 2.71. The average molecular weight is 382 g/mol. The maximum absolute atomic E-state index is 12.3. The molecule has 0 aromatic carbocycles. The Hall–Kier alpha value is -0.210. The second-order valence-corrected chi connectivity index (χ2v) is 9.09. The molecule has 1 unspecified atom stereocenters. The molecule has 1 aromatic heterocycles. The number of hydrogen-bond acceptors (Lipinski definition) is 4. The van der Waals surface area contributed by atoms with Crippen molar-refractivity contribution in [3.05, 3.63) is 28.6 Å². The lowest BCUT2D eigenvalue weighted by molar-refractivity contribution is 0.114. The zero-order valence-corrected chi connectivity index (χ0v) is 14.8. The Morgan fingerprint density at radius 2 is 2.20 bits per heavy atom. The maximum atomic E-state index is 12.3. The number of aliphatic hydroxyl groups excluding tert-OH is 1. The molecule has 3 atom stereocenters. The van der Waals surface area contributed by atoms with E-state index in [9.17, 15) is 13.5 Å². The van der Waals surface area contributed by atoms with Gasteiger partial charge in [-0.25, -0.2) is 13.1 Å². The van der Waals surface area contributed by atoms with Crippen LogP contribution in [0.3, 0.4) is 0 Å². The van der Waals surface area contributed by atoms with E-state index in [0.29, 0.717) is 6.42 Å². The zero-order valence-electron chi connectivity index (χ0n) is 11.5. The van der Waals surface area contributed by atoms with E-state index in [0.717, 1.165) is 21.5 Å². The Balaban J connectivity index is 2.96. The number of halogens is 1. The highest BCUT2D eigenvalue weighted by molar-refractivity contribution is 9.11. The van der Waals surface area contributed by atoms with Crippen molar-refractivity contribution in [1.82, 2.24) is 4.72 Å². The first kappa shape index (κ1) is 17.8. The van der Waals surface area contributed by atoms with Crippen LogP contribution in [0.1, 0.15) is 26.7 Å². The van der Waals surface area contributed by atoms with Gasteiger partial charge in [0.2, 0.25) is 10.0 Å². The molecular weight excluding hydrogens is 362 g/mol. The van der Waals surface area contributed by atoms with Gasteiger partial charge >= 0.3 is 0 Å². The van der Waals surface area contributed by atoms with E-state index in [4.69, 9.17) is 0 Å². The van der Waals surface area contributed by atoms with Gasteiger partial charge in [0.25, 0.3) is 0 Å². The number of thiophene rings is 1. The van der Waals surface area contributed by atoms with Crippen LogP contribution in [0.4, 0.5) is 0 Å². The van der Waals surface area contributed by atoms with Crippen LogP contribution < -0.4 is 4.72 Å². The Morgan fingerprint density at radius 1 is 1.55 bits per heavy atom. The molecule has 2 N–H and O–H groups in total. The molecule has 0 aliphatic carbocycles. The minimum absolute atomic E-state index is 0.0307. The Kier molecular flexibility index (Phi) is 6.87. The molecule has 0 saturated heterocycles. The monoisotopic (exact) mass is 381 g/mol. The zero-order chi connectivity index (χ0) is 15.3. The van der Waals surface area contributed by atoms with Crippen molar-refractivity contribution in [2.75, 3.05) is 0 Å². The third-order valence-corrected chi connectivity index (χ3v) is 6.76. The SMILES string of the molecule is C=CCC(O)[C@@H](NS(=O)(=O)c1ccc(Br)s1)[C@@H](C)CC. The van der Waals surface area contributed by atoms with Crippen LogP contribution in [0.2, 0.25) is 0 Å². The Morgan fingerprint density at radius 3 is 2.65 bits per heavy atom. The second kappa shape index (κ2) is 7.70. The minimum Gasteiger partial charge on any atom is -0.391 e. The molecular formula is C13H20BrNO3S2. The summed E-state index contributed by atoms with van der Waals surface area (Å²) in [4.78, 5) is 0. The van der Waals surface area contributed by atoms with E-state index >= 15 is 0 Å². The standard InChI is InChI=1S/C13H20BrNO3S2/c1-4-6-10(16)13(9(3)5-2)15-20(17,18)12-8-7-11(14)19-12/h4,7-10,13,15-16H,1,5-6H2,2-3H3/t9-,10?,13-/m0/s1. The first-order valence-electron chi connectivity index (χ1n) is 6.38. The summed E-state index contributed by atoms with van der Waals surface area (Å²) in [6.45, 7) is 7.47. The van der Waals surface area contributed by atoms with Crippen molar-refractivity contribution in [2.24, 2.45) is 5.92 Å². The first-order valence-corrected chi connectivity index (χ1v) is 9.47. The molecule has 20 heavy (non-hydrogen) atoms. The summed E-state index contributed by atoms with van der Waals surface area (Å²) < 4.78 is 28.3. The van der Waals surface area contributed by atoms with Gasteiger partial charge in [-0.1, -0.05) is 26.3 Å². The molecule has 1 aromatic rings. The summed E-state index contributed by atoms with van der Waals surface area (Å²) in [5.41, 5.74) is 0. The Labute approximate surface area is 133 Å². The van der Waals surface area contributed by atoms with E-state index in [-0.39, 0.29) is 10.1 Å². The molecule has 0 aliphatic heterocycles. The van der Waals surface area contributed by atoms with Gasteiger partial charge in [-0.05, 0) is 40.4 Å². The molecule has 1 heterocycles. The number of aliphatic hydroxyl groups is 1. The van der Waals surface area contributed by atoms with Crippen LogP contribution in [0, 0.1) is 5.92 Å². The fourth-order valence-corrected chi connectivity index (χ4v) is 5.23. The van der Waals surface area contributed by atoms with Crippen LogP contribution in [-0.4, -0.2) is 25.7 Å². The summed E-state index contributed by atoms with van der Waals surface area (Å²) >= 11 is 4.40. The maximum Gasteiger partial charge on any atom is 0.250 e. The van der Waals surface area contributed by atoms with Gasteiger partial charge in [-0.3, -0.25) is 0 Å². The summed E-state index contributed by atoms with van der Waals surface area (Å²) in [6.07, 6.45) is 1.94. The van der Waals surface area contributed by atoms with E-state index in [2.05, 4.69) is 27.2 Å². The van der Waals surface area contributed by atoms with Gasteiger partial charge in [-0.2, -0.15) is 0 Å². The normalized spacial score (nSPS) is 16.6. The van der Waals surface area contributed by atoms with Crippen molar-refractivity contribution in [3.63, 3.8) is 0 Å². The fourth-order valence-electron chi connectivity index (χ4n) is 1.82. The molecule has 1 rings (SSSR count). The third kappa shape index (κ3) is 4.66. The predicted octanol–water partition coefficient (Wildman–Crippen LogP) is 3.14. The molecule has 0 aliphatic rings. The van der Waals surface area contributed by atoms with Crippen LogP contribution in [0.5, 0.6) is 0 Å². The number of rotatable bonds is 8. The van der Waals surface area contributed by atoms with Gasteiger partial charge in [0, 0.05) is 0 Å². The lowest BCUT2D eigenvalue weighted by Crippen LogP contribution is -2.46. The molecule has 0 fully saturated rings. The van der Waals surface area contributed by atoms with Crippen LogP contribution in [0.25, 0.3) is 0 Å². The smallest absolute Gasteiger partial charge is 0.250 e. The van der Waals surface area contributed by atoms with Crippen molar-refractivity contribution >= 4 is 37.3 Å². The summed E-state index contributed by atoms with van der Waals surface area (Å²) in [7, 11) is -3.61. The van der Waals surface area contributed by atoms with Gasteiger partial charge < -0.3 is 5.11 Å². The molecule has 4 nitrogen and oxygen atoms in total. The van der Waals surface area contributed by atoms with Gasteiger partial charge in [0.1, 0.15) is 4.21 Å². The topological polar surface area (TPSA) is 66.4 Å². The number of sulfonamides is 1. The third-order valence-electron chi connectivity index (χ3n) is 3.18. The largest absolute Gasteiger partial charge is 0.391 e. The van der Waals surface area contributed by atoms with E-state index in [1.165, 1.54) is 0 Å². The highest BCUT2D eigenvalue weighted by Gasteiger charge is 2.29. The lowest BCUT2D eigenvalue weighted by Gasteiger charge is -2.28. The predicted molar refractivity (Wildman–Crippen MR) is 86.4 cm³/mol. The van der Waals surface area contributed by atoms with Crippen molar-refractivity contribution in [1.29, 1.82) is 0 Å². The van der Waals surface area contributed by atoms with Crippen LogP contribution >= 0.6 is 27.3 Å². The number of hydrogen-bond donors (Lipinski definition) is 2. The molecule has 114 valence electrons. The van der Waals surface area contributed by atoms with E-state index in [1.807, 2.05) is 13.8 Å². The highest BCUT2D eigenvalue weighted by atomic mass is 79.9. The van der Waals surface area contributed by atoms with Crippen molar-refractivity contribution in [3.8, 4) is 0 Å². The van der Waals surface area contributed by atoms with Crippen LogP contribution in [-0.2, 0) is 10.0 Å². The first-order chi connectivity index (χ1) is 9.31. The molecule has 7 heteroatoms. The fraction of sp³-hybridized carbons (Fsp3) is 0.538. The summed E-state index contributed by atoms with van der Waals surface area (Å²) in [5, 5.41) is 10.1. The van der Waals surface area contributed by atoms with Crippen LogP contribution in [0.15, 0.2) is 32.8 Å². The summed E-state index contributed by atoms with van der Waals surface area (Å²) in [5.74, 6) is 0.0307. The molecule has 0 bridgehead atoms. The molecule has 0 saturated carbocycles. The average Bonchev–Trinajstić information content (AvgIpc) is 2.83. The van der Waals surface area contributed by atoms with Gasteiger partial charge in [-0.15, -0.1) is 17.9 Å². The molecule has 0 radical (unpaired) electrons. The quantitative estimate of drug-likeness (QED) is 0.679. The molecule has 0 amide bonds. The molecule has 0 spiro atoms. The van der Waals surface area contributed by atoms with Gasteiger partial charge in [0.05, 0.1) is 15.9 Å². The second-order valence-electron chi connectivity index (χ2n) is 4.68. The Bertz CT molecular complexity index is 542. The highest BCUT2D eigenvalue weighted by Crippen LogP contribution is 2.27. The van der Waals surface area contributed by atoms with Gasteiger partial charge in [0.15, 0.2) is 0 Å².